The number of hydrogen-bond donors (Lipinski definition) is 9. The predicted molar refractivity (Wildman–Crippen MR) is 169 cm³/mol. The van der Waals surface area contributed by atoms with E-state index >= 15 is 0 Å². The molecule has 3 aromatic carbocycles. The van der Waals surface area contributed by atoms with E-state index in [4.69, 9.17) is 14.3 Å². The number of rotatable bonds is 12. The molecule has 0 aliphatic rings. The van der Waals surface area contributed by atoms with E-state index in [1.165, 1.54) is 55.5 Å². The molecule has 0 aliphatic heterocycles. The van der Waals surface area contributed by atoms with Crippen molar-refractivity contribution in [3.05, 3.63) is 80.9 Å². The number of benzene rings is 3. The minimum absolute atomic E-state index is 0.0141. The van der Waals surface area contributed by atoms with Crippen LogP contribution in [0, 0.1) is 4.91 Å². The number of nitroso groups, excluding NO2 is 1. The zero-order chi connectivity index (χ0) is 34.7. The Balaban J connectivity index is 0.000000256. The molecule has 4 aromatic rings. The van der Waals surface area contributed by atoms with E-state index in [0.29, 0.717) is 11.1 Å². The Hall–Kier alpha value is -5.48. The van der Waals surface area contributed by atoms with Crippen LogP contribution in [0.25, 0.3) is 28.4 Å². The first-order valence-electron chi connectivity index (χ1n) is 14.1. The molecule has 0 radical (unpaired) electrons. The van der Waals surface area contributed by atoms with Crippen LogP contribution < -0.4 is 10.7 Å². The lowest BCUT2D eigenvalue weighted by atomic mass is 10.0. The van der Waals surface area contributed by atoms with Crippen LogP contribution in [0.2, 0.25) is 0 Å². The molecule has 0 saturated heterocycles. The molecule has 0 saturated carbocycles. The molecule has 4 rings (SSSR count). The second kappa shape index (κ2) is 16.7. The van der Waals surface area contributed by atoms with Crippen LogP contribution in [0.3, 0.4) is 0 Å². The Labute approximate surface area is 266 Å². The smallest absolute Gasteiger partial charge is 0.244 e. The number of aromatic hydroxyl groups is 5. The van der Waals surface area contributed by atoms with Gasteiger partial charge in [0.2, 0.25) is 5.91 Å². The number of aliphatic hydroxyl groups excluding tert-OH is 3. The Kier molecular flexibility index (Phi) is 12.8. The largest absolute Gasteiger partial charge is 0.508 e. The fourth-order valence-corrected chi connectivity index (χ4v) is 4.10. The number of nitrogens with zero attached hydrogens (tertiary/aromatic N) is 1. The Bertz CT molecular complexity index is 1800. The second-order valence-corrected chi connectivity index (χ2v) is 10.1. The summed E-state index contributed by atoms with van der Waals surface area (Å²) in [7, 11) is 0. The van der Waals surface area contributed by atoms with Gasteiger partial charge >= 0.3 is 0 Å². The van der Waals surface area contributed by atoms with Gasteiger partial charge < -0.3 is 55.3 Å². The molecule has 9 N–H and O–H groups in total. The molecule has 15 nitrogen and oxygen atoms in total. The highest BCUT2D eigenvalue weighted by Gasteiger charge is 2.20. The zero-order valence-electron chi connectivity index (χ0n) is 25.0. The van der Waals surface area contributed by atoms with Crippen molar-refractivity contribution < 1.29 is 54.8 Å². The van der Waals surface area contributed by atoms with E-state index in [1.54, 1.807) is 6.07 Å². The number of ether oxygens (including phenoxy) is 1. The molecule has 1 heterocycles. The Morgan fingerprint density at radius 3 is 2.36 bits per heavy atom. The number of fused-ring (bicyclic) bond motifs is 1. The van der Waals surface area contributed by atoms with Gasteiger partial charge in [-0.3, -0.25) is 9.59 Å². The lowest BCUT2D eigenvalue weighted by molar-refractivity contribution is -0.116. The summed E-state index contributed by atoms with van der Waals surface area (Å²) < 4.78 is 10.7. The fraction of sp³-hybridized carbons (Fsp3) is 0.250. The van der Waals surface area contributed by atoms with Gasteiger partial charge in [-0.1, -0.05) is 6.07 Å². The molecule has 250 valence electrons. The van der Waals surface area contributed by atoms with Gasteiger partial charge in [0.25, 0.3) is 0 Å². The van der Waals surface area contributed by atoms with Gasteiger partial charge in [0.15, 0.2) is 16.9 Å². The molecule has 47 heavy (non-hydrogen) atoms. The summed E-state index contributed by atoms with van der Waals surface area (Å²) in [5.41, 5.74) is 0.295. The van der Waals surface area contributed by atoms with Crippen LogP contribution in [0.5, 0.6) is 28.7 Å². The molecule has 0 spiro atoms. The van der Waals surface area contributed by atoms with Crippen molar-refractivity contribution in [2.45, 2.75) is 25.6 Å². The standard InChI is InChI=1S/C17H14O7.C15H20N2O6/c18-4-3-10-16(23)15-13(22)6-9(19)7-14(15)24-17(10)8-1-2-11(20)12(21)5-8;1-10(18)14(20)9-23-7-6-16-15(21)5-3-11-2-4-12(17-22)13(19)8-11/h1-2,5-7,18-22H,3-4H2;2-5,8,10,14,18-20H,6-7,9H2,1H3,(H,16,21)/b;5-3+. The average molecular weight is 655 g/mol. The first kappa shape index (κ1) is 36.0. The monoisotopic (exact) mass is 654 g/mol. The van der Waals surface area contributed by atoms with Crippen LogP contribution in [-0.2, 0) is 16.0 Å². The van der Waals surface area contributed by atoms with E-state index in [0.717, 1.165) is 6.07 Å². The third-order valence-corrected chi connectivity index (χ3v) is 6.57. The van der Waals surface area contributed by atoms with E-state index in [1.807, 2.05) is 0 Å². The molecule has 15 heteroatoms. The minimum atomic E-state index is -0.956. The third kappa shape index (κ3) is 9.75. The number of carbonyl (C=O) groups is 1. The highest BCUT2D eigenvalue weighted by Crippen LogP contribution is 2.35. The second-order valence-electron chi connectivity index (χ2n) is 10.1. The summed E-state index contributed by atoms with van der Waals surface area (Å²) in [6.07, 6.45) is 0.886. The molecule has 0 fully saturated rings. The van der Waals surface area contributed by atoms with Crippen LogP contribution in [-0.4, -0.2) is 85.3 Å². The summed E-state index contributed by atoms with van der Waals surface area (Å²) in [6, 6.07) is 10.3. The maximum absolute atomic E-state index is 12.7. The van der Waals surface area contributed by atoms with Crippen molar-refractivity contribution >= 4 is 28.6 Å². The third-order valence-electron chi connectivity index (χ3n) is 6.57. The molecule has 2 unspecified atom stereocenters. The summed E-state index contributed by atoms with van der Waals surface area (Å²) in [4.78, 5) is 34.5. The van der Waals surface area contributed by atoms with Crippen LogP contribution in [0.4, 0.5) is 5.69 Å². The minimum Gasteiger partial charge on any atom is -0.508 e. The number of nitrogens with one attached hydrogen (secondary N) is 1. The van der Waals surface area contributed by atoms with Crippen molar-refractivity contribution in [1.29, 1.82) is 0 Å². The summed E-state index contributed by atoms with van der Waals surface area (Å²) in [5, 5.41) is 80.7. The van der Waals surface area contributed by atoms with Crippen molar-refractivity contribution in [3.63, 3.8) is 0 Å². The van der Waals surface area contributed by atoms with Crippen molar-refractivity contribution in [3.8, 4) is 40.1 Å². The van der Waals surface area contributed by atoms with Gasteiger partial charge in [-0.05, 0) is 54.1 Å². The molecule has 2 atom stereocenters. The van der Waals surface area contributed by atoms with Crippen molar-refractivity contribution in [2.75, 3.05) is 26.4 Å². The van der Waals surface area contributed by atoms with E-state index < -0.39 is 29.1 Å². The van der Waals surface area contributed by atoms with Gasteiger partial charge in [0, 0.05) is 48.9 Å². The first-order valence-corrected chi connectivity index (χ1v) is 14.1. The van der Waals surface area contributed by atoms with Crippen LogP contribution in [0.15, 0.2) is 69.0 Å². The van der Waals surface area contributed by atoms with Crippen LogP contribution >= 0.6 is 0 Å². The molecule has 0 bridgehead atoms. The first-order chi connectivity index (χ1) is 22.4. The molecule has 1 amide bonds. The van der Waals surface area contributed by atoms with Crippen LogP contribution in [0.1, 0.15) is 18.1 Å². The topological polar surface area (TPSA) is 260 Å². The van der Waals surface area contributed by atoms with E-state index in [-0.39, 0.29) is 83.9 Å². The maximum Gasteiger partial charge on any atom is 0.244 e. The number of phenolic OH excluding ortho intramolecular Hbond substituents is 5. The Morgan fingerprint density at radius 1 is 0.979 bits per heavy atom. The summed E-state index contributed by atoms with van der Waals surface area (Å²) in [6.45, 7) is 1.56. The number of amides is 1. The molecule has 0 aliphatic carbocycles. The Morgan fingerprint density at radius 2 is 1.72 bits per heavy atom. The number of hydrogen-bond acceptors (Lipinski definition) is 14. The predicted octanol–water partition coefficient (Wildman–Crippen LogP) is 2.50. The average Bonchev–Trinajstić information content (AvgIpc) is 3.02. The lowest BCUT2D eigenvalue weighted by Gasteiger charge is -2.13. The molecular weight excluding hydrogens is 620 g/mol. The number of carbonyl (C=O) groups excluding carboxylic acids is 1. The van der Waals surface area contributed by atoms with E-state index in [9.17, 15) is 50.2 Å². The molecule has 1 aromatic heterocycles. The SMILES string of the molecule is CC(O)C(O)COCCNC(=O)/C=C/c1ccc(N=O)c(O)c1.O=c1c(CCO)c(-c2ccc(O)c(O)c2)oc2cc(O)cc(O)c12. The lowest BCUT2D eigenvalue weighted by Crippen LogP contribution is -2.30. The summed E-state index contributed by atoms with van der Waals surface area (Å²) >= 11 is 0. The van der Waals surface area contributed by atoms with Crippen molar-refractivity contribution in [1.82, 2.24) is 5.32 Å². The summed E-state index contributed by atoms with van der Waals surface area (Å²) in [5.74, 6) is -1.99. The fourth-order valence-electron chi connectivity index (χ4n) is 4.10. The normalized spacial score (nSPS) is 12.3. The number of aliphatic hydroxyl groups is 3. The van der Waals surface area contributed by atoms with Gasteiger partial charge in [0.1, 0.15) is 45.8 Å². The van der Waals surface area contributed by atoms with Gasteiger partial charge in [-0.25, -0.2) is 0 Å². The zero-order valence-corrected chi connectivity index (χ0v) is 25.0. The molecular formula is C32H34N2O13. The quantitative estimate of drug-likeness (QED) is 0.0461. The van der Waals surface area contributed by atoms with Crippen molar-refractivity contribution in [2.24, 2.45) is 5.18 Å². The highest BCUT2D eigenvalue weighted by atomic mass is 16.5. The van der Waals surface area contributed by atoms with Gasteiger partial charge in [0.05, 0.1) is 19.3 Å². The highest BCUT2D eigenvalue weighted by molar-refractivity contribution is 5.91. The maximum atomic E-state index is 12.7. The van der Waals surface area contributed by atoms with Gasteiger partial charge in [-0.2, -0.15) is 0 Å². The van der Waals surface area contributed by atoms with Gasteiger partial charge in [-0.15, -0.1) is 4.91 Å². The van der Waals surface area contributed by atoms with E-state index in [2.05, 4.69) is 10.5 Å². The number of phenols is 5.